The van der Waals surface area contributed by atoms with Gasteiger partial charge >= 0.3 is 0 Å². The minimum atomic E-state index is 0.476. The molecule has 2 aliphatic rings. The van der Waals surface area contributed by atoms with Gasteiger partial charge < -0.3 is 0 Å². The van der Waals surface area contributed by atoms with Crippen molar-refractivity contribution in [1.29, 1.82) is 0 Å². The Kier molecular flexibility index (Phi) is 2.20. The fourth-order valence-corrected chi connectivity index (χ4v) is 3.01. The summed E-state index contributed by atoms with van der Waals surface area (Å²) in [5, 5.41) is 0. The van der Waals surface area contributed by atoms with Gasteiger partial charge in [0.25, 0.3) is 0 Å². The average molecular weight is 166 g/mol. The summed E-state index contributed by atoms with van der Waals surface area (Å²) in [5.41, 5.74) is 0. The third-order valence-electron chi connectivity index (χ3n) is 3.78. The molecule has 2 saturated carbocycles. The lowest BCUT2D eigenvalue weighted by atomic mass is 9.81. The van der Waals surface area contributed by atoms with E-state index in [1.165, 1.54) is 25.7 Å². The highest BCUT2D eigenvalue weighted by Crippen LogP contribution is 2.44. The average Bonchev–Trinajstić information content (AvgIpc) is 2.49. The van der Waals surface area contributed by atoms with E-state index in [-0.39, 0.29) is 0 Å². The molecule has 0 aromatic heterocycles. The van der Waals surface area contributed by atoms with Crippen molar-refractivity contribution >= 4 is 5.78 Å². The summed E-state index contributed by atoms with van der Waals surface area (Å²) in [6, 6.07) is 0. The third-order valence-corrected chi connectivity index (χ3v) is 3.78. The van der Waals surface area contributed by atoms with Crippen molar-refractivity contribution in [3.8, 4) is 0 Å². The smallest absolute Gasteiger partial charge is 0.136 e. The van der Waals surface area contributed by atoms with Crippen molar-refractivity contribution in [1.82, 2.24) is 0 Å². The molecule has 2 rings (SSSR count). The van der Waals surface area contributed by atoms with Crippen LogP contribution in [0.1, 0.15) is 45.4 Å². The molecule has 0 radical (unpaired) electrons. The SMILES string of the molecule is CC[C@@H]1C[C@@H]2CCCC(=O)[C@H]2C1. The number of carbonyl (C=O) groups is 1. The highest BCUT2D eigenvalue weighted by atomic mass is 16.1. The first-order valence-electron chi connectivity index (χ1n) is 5.34. The normalized spacial score (nSPS) is 41.4. The summed E-state index contributed by atoms with van der Waals surface area (Å²) in [4.78, 5) is 11.5. The molecule has 68 valence electrons. The lowest BCUT2D eigenvalue weighted by Gasteiger charge is -2.23. The molecular weight excluding hydrogens is 148 g/mol. The molecule has 0 aromatic carbocycles. The molecule has 0 heterocycles. The van der Waals surface area contributed by atoms with E-state index in [4.69, 9.17) is 0 Å². The molecule has 2 fully saturated rings. The zero-order valence-corrected chi connectivity index (χ0v) is 7.88. The van der Waals surface area contributed by atoms with E-state index >= 15 is 0 Å². The van der Waals surface area contributed by atoms with Crippen LogP contribution in [0.25, 0.3) is 0 Å². The first kappa shape index (κ1) is 8.28. The third kappa shape index (κ3) is 1.30. The highest BCUT2D eigenvalue weighted by Gasteiger charge is 2.39. The first-order valence-corrected chi connectivity index (χ1v) is 5.34. The summed E-state index contributed by atoms with van der Waals surface area (Å²) >= 11 is 0. The number of hydrogen-bond donors (Lipinski definition) is 0. The number of hydrogen-bond acceptors (Lipinski definition) is 1. The number of Topliss-reactive ketones (excluding diaryl/α,β-unsaturated/α-hetero) is 1. The van der Waals surface area contributed by atoms with Crippen LogP contribution < -0.4 is 0 Å². The van der Waals surface area contributed by atoms with Crippen molar-refractivity contribution in [2.75, 3.05) is 0 Å². The van der Waals surface area contributed by atoms with Crippen molar-refractivity contribution in [3.63, 3.8) is 0 Å². The Morgan fingerprint density at radius 2 is 2.25 bits per heavy atom. The molecule has 0 N–H and O–H groups in total. The Labute approximate surface area is 74.5 Å². The minimum Gasteiger partial charge on any atom is -0.299 e. The highest BCUT2D eigenvalue weighted by molar-refractivity contribution is 5.82. The fourth-order valence-electron chi connectivity index (χ4n) is 3.01. The van der Waals surface area contributed by atoms with Gasteiger partial charge in [-0.25, -0.2) is 0 Å². The van der Waals surface area contributed by atoms with E-state index in [2.05, 4.69) is 6.92 Å². The number of rotatable bonds is 1. The van der Waals surface area contributed by atoms with Crippen LogP contribution in [0.5, 0.6) is 0 Å². The maximum absolute atomic E-state index is 11.5. The van der Waals surface area contributed by atoms with Crippen molar-refractivity contribution in [2.45, 2.75) is 45.4 Å². The zero-order valence-electron chi connectivity index (χ0n) is 7.88. The zero-order chi connectivity index (χ0) is 8.55. The van der Waals surface area contributed by atoms with E-state index in [0.29, 0.717) is 11.7 Å². The first-order chi connectivity index (χ1) is 5.81. The molecule has 0 bridgehead atoms. The second kappa shape index (κ2) is 3.20. The van der Waals surface area contributed by atoms with Crippen molar-refractivity contribution < 1.29 is 4.79 Å². The molecule has 0 saturated heterocycles. The molecule has 0 amide bonds. The van der Waals surface area contributed by atoms with Crippen LogP contribution in [0.3, 0.4) is 0 Å². The van der Waals surface area contributed by atoms with Crippen molar-refractivity contribution in [3.05, 3.63) is 0 Å². The van der Waals surface area contributed by atoms with Crippen LogP contribution in [0.4, 0.5) is 0 Å². The Morgan fingerprint density at radius 1 is 1.42 bits per heavy atom. The summed E-state index contributed by atoms with van der Waals surface area (Å²) < 4.78 is 0. The lowest BCUT2D eigenvalue weighted by molar-refractivity contribution is -0.125. The summed E-state index contributed by atoms with van der Waals surface area (Å²) in [6.45, 7) is 2.26. The topological polar surface area (TPSA) is 17.1 Å². The predicted octanol–water partition coefficient (Wildman–Crippen LogP) is 2.79. The van der Waals surface area contributed by atoms with Gasteiger partial charge in [0.15, 0.2) is 0 Å². The molecule has 3 atom stereocenters. The minimum absolute atomic E-state index is 0.476. The Hall–Kier alpha value is -0.330. The van der Waals surface area contributed by atoms with Gasteiger partial charge in [-0.1, -0.05) is 13.3 Å². The van der Waals surface area contributed by atoms with Gasteiger partial charge in [0.1, 0.15) is 5.78 Å². The quantitative estimate of drug-likeness (QED) is 0.585. The summed E-state index contributed by atoms with van der Waals surface area (Å²) in [7, 11) is 0. The molecule has 1 heteroatoms. The van der Waals surface area contributed by atoms with Gasteiger partial charge in [-0.15, -0.1) is 0 Å². The van der Waals surface area contributed by atoms with E-state index in [9.17, 15) is 4.79 Å². The lowest BCUT2D eigenvalue weighted by Crippen LogP contribution is -2.23. The van der Waals surface area contributed by atoms with E-state index < -0.39 is 0 Å². The standard InChI is InChI=1S/C11H18O/c1-2-8-6-9-4-3-5-11(12)10(9)7-8/h8-10H,2-7H2,1H3/t8-,9+,10+/m1/s1. The maximum atomic E-state index is 11.5. The second-order valence-electron chi connectivity index (χ2n) is 4.47. The van der Waals surface area contributed by atoms with Gasteiger partial charge in [-0.3, -0.25) is 4.79 Å². The second-order valence-corrected chi connectivity index (χ2v) is 4.47. The van der Waals surface area contributed by atoms with E-state index in [1.807, 2.05) is 0 Å². The predicted molar refractivity (Wildman–Crippen MR) is 48.9 cm³/mol. The number of carbonyl (C=O) groups excluding carboxylic acids is 1. The van der Waals surface area contributed by atoms with Gasteiger partial charge in [0.2, 0.25) is 0 Å². The van der Waals surface area contributed by atoms with E-state index in [0.717, 1.165) is 24.7 Å². The molecule has 0 spiro atoms. The van der Waals surface area contributed by atoms with Crippen LogP contribution >= 0.6 is 0 Å². The molecule has 12 heavy (non-hydrogen) atoms. The van der Waals surface area contributed by atoms with Crippen LogP contribution in [0.15, 0.2) is 0 Å². The Balaban J connectivity index is 2.04. The molecular formula is C11H18O. The molecule has 0 unspecified atom stereocenters. The fraction of sp³-hybridized carbons (Fsp3) is 0.909. The summed E-state index contributed by atoms with van der Waals surface area (Å²) in [6.07, 6.45) is 7.19. The van der Waals surface area contributed by atoms with Crippen LogP contribution in [0, 0.1) is 17.8 Å². The van der Waals surface area contributed by atoms with E-state index in [1.54, 1.807) is 0 Å². The molecule has 1 nitrogen and oxygen atoms in total. The Bertz CT molecular complexity index is 185. The van der Waals surface area contributed by atoms with Gasteiger partial charge in [0, 0.05) is 12.3 Å². The molecule has 2 aliphatic carbocycles. The van der Waals surface area contributed by atoms with Gasteiger partial charge in [-0.2, -0.15) is 0 Å². The molecule has 0 aliphatic heterocycles. The van der Waals surface area contributed by atoms with Crippen LogP contribution in [-0.2, 0) is 4.79 Å². The number of ketones is 1. The van der Waals surface area contributed by atoms with Crippen molar-refractivity contribution in [2.24, 2.45) is 17.8 Å². The Morgan fingerprint density at radius 3 is 2.92 bits per heavy atom. The number of fused-ring (bicyclic) bond motifs is 1. The monoisotopic (exact) mass is 166 g/mol. The van der Waals surface area contributed by atoms with Gasteiger partial charge in [-0.05, 0) is 37.5 Å². The van der Waals surface area contributed by atoms with Gasteiger partial charge in [0.05, 0.1) is 0 Å². The maximum Gasteiger partial charge on any atom is 0.136 e. The van der Waals surface area contributed by atoms with Crippen LogP contribution in [-0.4, -0.2) is 5.78 Å². The van der Waals surface area contributed by atoms with Crippen LogP contribution in [0.2, 0.25) is 0 Å². The largest absolute Gasteiger partial charge is 0.299 e. The molecule has 0 aromatic rings. The summed E-state index contributed by atoms with van der Waals surface area (Å²) in [5.74, 6) is 2.68.